The maximum atomic E-state index is 5.81. The van der Waals surface area contributed by atoms with Gasteiger partial charge in [-0.15, -0.1) is 11.3 Å². The summed E-state index contributed by atoms with van der Waals surface area (Å²) < 4.78 is 5.39. The second-order valence-electron chi connectivity index (χ2n) is 4.61. The molecule has 0 aliphatic heterocycles. The van der Waals surface area contributed by atoms with E-state index in [1.54, 1.807) is 23.6 Å². The number of nitrogens with one attached hydrogen (secondary N) is 1. The van der Waals surface area contributed by atoms with E-state index in [2.05, 4.69) is 29.1 Å². The zero-order chi connectivity index (χ0) is 13.9. The minimum atomic E-state index is -0.291. The number of pyridine rings is 1. The van der Waals surface area contributed by atoms with Gasteiger partial charge in [-0.05, 0) is 32.9 Å². The van der Waals surface area contributed by atoms with E-state index in [0.29, 0.717) is 18.2 Å². The van der Waals surface area contributed by atoms with Crippen molar-refractivity contribution in [1.82, 2.24) is 9.97 Å². The molecule has 0 saturated heterocycles. The summed E-state index contributed by atoms with van der Waals surface area (Å²) in [5.74, 6) is 1.18. The van der Waals surface area contributed by atoms with Crippen LogP contribution in [0.4, 0.5) is 11.5 Å². The van der Waals surface area contributed by atoms with Gasteiger partial charge < -0.3 is 15.8 Å². The Balaban J connectivity index is 2.21. The molecule has 0 spiro atoms. The van der Waals surface area contributed by atoms with Crippen molar-refractivity contribution in [3.05, 3.63) is 28.7 Å². The fourth-order valence-corrected chi connectivity index (χ4v) is 2.40. The molecule has 0 saturated carbocycles. The molecule has 0 radical (unpaired) electrons. The summed E-state index contributed by atoms with van der Waals surface area (Å²) in [5, 5.41) is 6.31. The smallest absolute Gasteiger partial charge is 0.239 e. The van der Waals surface area contributed by atoms with E-state index in [1.165, 1.54) is 0 Å². The molecule has 102 valence electrons. The van der Waals surface area contributed by atoms with Crippen molar-refractivity contribution in [2.75, 3.05) is 17.7 Å². The topological polar surface area (TPSA) is 73.1 Å². The van der Waals surface area contributed by atoms with Crippen molar-refractivity contribution in [3.63, 3.8) is 0 Å². The second kappa shape index (κ2) is 5.44. The average molecular weight is 278 g/mol. The number of nitrogens with two attached hydrogens (primary N) is 1. The van der Waals surface area contributed by atoms with Gasteiger partial charge in [-0.2, -0.15) is 4.98 Å². The Hall–Kier alpha value is -1.82. The predicted molar refractivity (Wildman–Crippen MR) is 78.6 cm³/mol. The number of ether oxygens (including phenoxy) is 1. The molecular weight excluding hydrogens is 260 g/mol. The van der Waals surface area contributed by atoms with Crippen LogP contribution < -0.4 is 15.8 Å². The number of anilines is 2. The number of nitrogens with zero attached hydrogens (tertiary/aromatic N) is 2. The molecule has 0 aliphatic carbocycles. The molecule has 2 aromatic rings. The number of hydrogen-bond acceptors (Lipinski definition) is 6. The molecule has 0 amide bonds. The van der Waals surface area contributed by atoms with Crippen molar-refractivity contribution < 1.29 is 4.74 Å². The van der Waals surface area contributed by atoms with E-state index in [1.807, 2.05) is 18.4 Å². The first-order valence-electron chi connectivity index (χ1n) is 6.10. The van der Waals surface area contributed by atoms with Crippen LogP contribution in [-0.2, 0) is 5.54 Å². The lowest BCUT2D eigenvalue weighted by atomic mass is 10.1. The Labute approximate surface area is 116 Å². The monoisotopic (exact) mass is 278 g/mol. The first-order valence-corrected chi connectivity index (χ1v) is 6.98. The van der Waals surface area contributed by atoms with Crippen LogP contribution in [0.15, 0.2) is 23.7 Å². The van der Waals surface area contributed by atoms with Gasteiger partial charge in [0.2, 0.25) is 5.88 Å². The molecule has 0 aliphatic rings. The van der Waals surface area contributed by atoms with E-state index < -0.39 is 0 Å². The zero-order valence-electron chi connectivity index (χ0n) is 11.3. The van der Waals surface area contributed by atoms with Crippen LogP contribution in [0.3, 0.4) is 0 Å². The largest absolute Gasteiger partial charge is 0.476 e. The van der Waals surface area contributed by atoms with Crippen LogP contribution in [0.2, 0.25) is 0 Å². The lowest BCUT2D eigenvalue weighted by molar-refractivity contribution is 0.329. The third-order valence-electron chi connectivity index (χ3n) is 2.58. The summed E-state index contributed by atoms with van der Waals surface area (Å²) in [7, 11) is 0. The molecular formula is C13H18N4OS. The highest BCUT2D eigenvalue weighted by Gasteiger charge is 2.23. The molecule has 19 heavy (non-hydrogen) atoms. The van der Waals surface area contributed by atoms with Gasteiger partial charge in [-0.1, -0.05) is 0 Å². The normalized spacial score (nSPS) is 11.3. The van der Waals surface area contributed by atoms with Crippen molar-refractivity contribution >= 4 is 22.8 Å². The summed E-state index contributed by atoms with van der Waals surface area (Å²) in [6.45, 7) is 6.56. The third kappa shape index (κ3) is 3.14. The zero-order valence-corrected chi connectivity index (χ0v) is 12.1. The fraction of sp³-hybridized carbons (Fsp3) is 0.385. The lowest BCUT2D eigenvalue weighted by Gasteiger charge is -2.24. The highest BCUT2D eigenvalue weighted by Crippen LogP contribution is 2.28. The number of rotatable bonds is 5. The molecule has 2 heterocycles. The first-order chi connectivity index (χ1) is 9.03. The summed E-state index contributed by atoms with van der Waals surface area (Å²) in [6.07, 6.45) is 1.80. The molecule has 6 heteroatoms. The SMILES string of the molecule is CCOc1nc(NC(C)(C)c2nccs2)ccc1N. The van der Waals surface area contributed by atoms with Crippen LogP contribution in [0.25, 0.3) is 0 Å². The standard InChI is InChI=1S/C13H18N4OS/c1-4-18-11-9(14)5-6-10(16-11)17-13(2,3)12-15-7-8-19-12/h5-8H,4,14H2,1-3H3,(H,16,17). The van der Waals surface area contributed by atoms with E-state index in [0.717, 1.165) is 10.8 Å². The number of thiazole rings is 1. The first kappa shape index (κ1) is 13.6. The van der Waals surface area contributed by atoms with Crippen LogP contribution in [0.5, 0.6) is 5.88 Å². The van der Waals surface area contributed by atoms with Gasteiger partial charge >= 0.3 is 0 Å². The van der Waals surface area contributed by atoms with E-state index in [-0.39, 0.29) is 5.54 Å². The highest BCUT2D eigenvalue weighted by atomic mass is 32.1. The van der Waals surface area contributed by atoms with E-state index in [9.17, 15) is 0 Å². The van der Waals surface area contributed by atoms with Crippen LogP contribution in [0, 0.1) is 0 Å². The van der Waals surface area contributed by atoms with Crippen molar-refractivity contribution in [2.45, 2.75) is 26.3 Å². The molecule has 3 N–H and O–H groups in total. The predicted octanol–water partition coefficient (Wildman–Crippen LogP) is 2.87. The Kier molecular flexibility index (Phi) is 3.90. The number of nitrogen functional groups attached to an aromatic ring is 1. The molecule has 0 bridgehead atoms. The molecule has 2 aromatic heterocycles. The van der Waals surface area contributed by atoms with Crippen molar-refractivity contribution in [1.29, 1.82) is 0 Å². The van der Waals surface area contributed by atoms with E-state index in [4.69, 9.17) is 10.5 Å². The van der Waals surface area contributed by atoms with Gasteiger partial charge in [-0.25, -0.2) is 4.98 Å². The van der Waals surface area contributed by atoms with Crippen molar-refractivity contribution in [3.8, 4) is 5.88 Å². The average Bonchev–Trinajstić information content (AvgIpc) is 2.88. The maximum Gasteiger partial charge on any atom is 0.239 e. The Bertz CT molecular complexity index is 540. The Morgan fingerprint density at radius 3 is 2.84 bits per heavy atom. The van der Waals surface area contributed by atoms with Gasteiger partial charge in [0, 0.05) is 11.6 Å². The van der Waals surface area contributed by atoms with E-state index >= 15 is 0 Å². The number of aromatic nitrogens is 2. The third-order valence-corrected chi connectivity index (χ3v) is 3.68. The number of hydrogen-bond donors (Lipinski definition) is 2. The molecule has 0 unspecified atom stereocenters. The Morgan fingerprint density at radius 1 is 1.42 bits per heavy atom. The minimum absolute atomic E-state index is 0.291. The maximum absolute atomic E-state index is 5.81. The summed E-state index contributed by atoms with van der Waals surface area (Å²) in [4.78, 5) is 8.71. The minimum Gasteiger partial charge on any atom is -0.476 e. The molecule has 0 fully saturated rings. The molecule has 0 aromatic carbocycles. The lowest BCUT2D eigenvalue weighted by Crippen LogP contribution is -2.28. The van der Waals surface area contributed by atoms with Gasteiger partial charge in [0.15, 0.2) is 0 Å². The van der Waals surface area contributed by atoms with Crippen LogP contribution >= 0.6 is 11.3 Å². The van der Waals surface area contributed by atoms with Crippen molar-refractivity contribution in [2.24, 2.45) is 0 Å². The van der Waals surface area contributed by atoms with Gasteiger partial charge in [-0.3, -0.25) is 0 Å². The quantitative estimate of drug-likeness (QED) is 0.879. The Morgan fingerprint density at radius 2 is 2.21 bits per heavy atom. The highest BCUT2D eigenvalue weighted by molar-refractivity contribution is 7.09. The second-order valence-corrected chi connectivity index (χ2v) is 5.51. The van der Waals surface area contributed by atoms with Crippen LogP contribution in [0.1, 0.15) is 25.8 Å². The summed E-state index contributed by atoms with van der Waals surface area (Å²) >= 11 is 1.61. The molecule has 2 rings (SSSR count). The molecule has 5 nitrogen and oxygen atoms in total. The molecule has 0 atom stereocenters. The summed E-state index contributed by atoms with van der Waals surface area (Å²) in [6, 6.07) is 3.63. The van der Waals surface area contributed by atoms with Gasteiger partial charge in [0.25, 0.3) is 0 Å². The van der Waals surface area contributed by atoms with Gasteiger partial charge in [0.05, 0.1) is 17.8 Å². The fourth-order valence-electron chi connectivity index (χ4n) is 1.68. The van der Waals surface area contributed by atoms with Gasteiger partial charge in [0.1, 0.15) is 10.8 Å². The van der Waals surface area contributed by atoms with Crippen LogP contribution in [-0.4, -0.2) is 16.6 Å². The summed E-state index contributed by atoms with van der Waals surface area (Å²) in [5.41, 5.74) is 6.06.